The van der Waals surface area contributed by atoms with Crippen LogP contribution in [0.25, 0.3) is 17.4 Å². The van der Waals surface area contributed by atoms with Crippen LogP contribution in [0.3, 0.4) is 0 Å². The third kappa shape index (κ3) is 4.26. The molecule has 33 heavy (non-hydrogen) atoms. The van der Waals surface area contributed by atoms with Gasteiger partial charge in [-0.2, -0.15) is 0 Å². The summed E-state index contributed by atoms with van der Waals surface area (Å²) in [6, 6.07) is 11.2. The van der Waals surface area contributed by atoms with Gasteiger partial charge in [-0.15, -0.1) is 0 Å². The molecule has 2 heterocycles. The normalized spacial score (nSPS) is 15.2. The van der Waals surface area contributed by atoms with E-state index in [9.17, 15) is 24.3 Å². The Hall–Kier alpha value is -3.88. The highest BCUT2D eigenvalue weighted by molar-refractivity contribution is 6.42. The smallest absolute Gasteiger partial charge is 0.335 e. The van der Waals surface area contributed by atoms with Crippen LogP contribution in [-0.4, -0.2) is 28.9 Å². The second kappa shape index (κ2) is 8.57. The van der Waals surface area contributed by atoms with Gasteiger partial charge in [0, 0.05) is 10.6 Å². The van der Waals surface area contributed by atoms with Crippen LogP contribution in [0.1, 0.15) is 21.7 Å². The van der Waals surface area contributed by atoms with E-state index >= 15 is 0 Å². The third-order valence-corrected chi connectivity index (χ3v) is 5.46. The van der Waals surface area contributed by atoms with Gasteiger partial charge in [0.1, 0.15) is 17.1 Å². The molecule has 3 aromatic rings. The lowest BCUT2D eigenvalue weighted by Gasteiger charge is -2.26. The first-order valence-corrected chi connectivity index (χ1v) is 10.2. The van der Waals surface area contributed by atoms with Crippen LogP contribution in [-0.2, 0) is 9.59 Å². The average Bonchev–Trinajstić information content (AvgIpc) is 3.21. The van der Waals surface area contributed by atoms with Crippen molar-refractivity contribution < 1.29 is 28.7 Å². The summed E-state index contributed by atoms with van der Waals surface area (Å²) < 4.78 is 5.70. The molecule has 0 atom stereocenters. The molecule has 2 aromatic carbocycles. The molecule has 8 nitrogen and oxygen atoms in total. The molecule has 0 aliphatic carbocycles. The molecule has 1 saturated heterocycles. The highest BCUT2D eigenvalue weighted by Crippen LogP contribution is 2.32. The lowest BCUT2D eigenvalue weighted by Crippen LogP contribution is -2.54. The molecular formula is C23H14Cl2N2O6. The monoisotopic (exact) mass is 484 g/mol. The summed E-state index contributed by atoms with van der Waals surface area (Å²) in [5.74, 6) is -2.38. The number of carboxylic acid groups (broad SMARTS) is 1. The predicted molar refractivity (Wildman–Crippen MR) is 121 cm³/mol. The van der Waals surface area contributed by atoms with Gasteiger partial charge in [-0.1, -0.05) is 35.3 Å². The number of furan rings is 1. The highest BCUT2D eigenvalue weighted by Gasteiger charge is 2.38. The quantitative estimate of drug-likeness (QED) is 0.400. The number of hydrogen-bond acceptors (Lipinski definition) is 5. The molecule has 0 bridgehead atoms. The van der Waals surface area contributed by atoms with Gasteiger partial charge in [0.15, 0.2) is 0 Å². The first-order chi connectivity index (χ1) is 15.7. The Morgan fingerprint density at radius 2 is 1.82 bits per heavy atom. The Kier molecular flexibility index (Phi) is 5.80. The molecule has 4 amide bonds. The van der Waals surface area contributed by atoms with Gasteiger partial charge in [0.05, 0.1) is 16.3 Å². The minimum Gasteiger partial charge on any atom is -0.478 e. The van der Waals surface area contributed by atoms with Gasteiger partial charge in [-0.05, 0) is 55.0 Å². The topological polar surface area (TPSA) is 117 Å². The van der Waals surface area contributed by atoms with E-state index in [0.29, 0.717) is 21.9 Å². The number of halogens is 2. The number of carboxylic acids is 1. The number of carbonyl (C=O) groups is 4. The second-order valence-corrected chi connectivity index (χ2v) is 7.93. The van der Waals surface area contributed by atoms with Gasteiger partial charge >= 0.3 is 12.0 Å². The van der Waals surface area contributed by atoms with Crippen LogP contribution in [0.2, 0.25) is 10.0 Å². The number of benzene rings is 2. The van der Waals surface area contributed by atoms with E-state index in [1.165, 1.54) is 36.4 Å². The number of aromatic carboxylic acids is 1. The number of imide groups is 2. The Bertz CT molecular complexity index is 1380. The summed E-state index contributed by atoms with van der Waals surface area (Å²) in [7, 11) is 0. The molecule has 0 radical (unpaired) electrons. The Morgan fingerprint density at radius 3 is 2.52 bits per heavy atom. The van der Waals surface area contributed by atoms with Crippen molar-refractivity contribution in [2.75, 3.05) is 4.90 Å². The molecule has 1 aromatic heterocycles. The summed E-state index contributed by atoms with van der Waals surface area (Å²) in [6.07, 6.45) is 1.19. The standard InChI is InChI=1S/C23H14Cl2N2O6/c1-11-2-3-12(8-15(11)22(30)31)19-7-5-14(33-19)10-16-20(28)26-23(32)27(21(16)29)18-6-4-13(24)9-17(18)25/h2-10H,1H3,(H,30,31)(H,26,28,32)/b16-10+. The van der Waals surface area contributed by atoms with E-state index in [1.54, 1.807) is 25.1 Å². The fourth-order valence-corrected chi connectivity index (χ4v) is 3.77. The number of barbiturate groups is 1. The zero-order chi connectivity index (χ0) is 23.9. The minimum absolute atomic E-state index is 0.0496. The van der Waals surface area contributed by atoms with Gasteiger partial charge in [-0.25, -0.2) is 14.5 Å². The zero-order valence-electron chi connectivity index (χ0n) is 16.9. The maximum Gasteiger partial charge on any atom is 0.335 e. The van der Waals surface area contributed by atoms with Crippen molar-refractivity contribution in [1.82, 2.24) is 5.32 Å². The minimum atomic E-state index is -1.07. The molecule has 166 valence electrons. The number of amides is 4. The fraction of sp³-hybridized carbons (Fsp3) is 0.0435. The van der Waals surface area contributed by atoms with Gasteiger partial charge in [-0.3, -0.25) is 14.9 Å². The van der Waals surface area contributed by atoms with E-state index in [-0.39, 0.29) is 27.6 Å². The number of anilines is 1. The maximum atomic E-state index is 13.0. The van der Waals surface area contributed by atoms with Gasteiger partial charge in [0.2, 0.25) is 0 Å². The summed E-state index contributed by atoms with van der Waals surface area (Å²) in [4.78, 5) is 49.8. The van der Waals surface area contributed by atoms with Crippen LogP contribution >= 0.6 is 23.2 Å². The molecule has 1 fully saturated rings. The summed E-state index contributed by atoms with van der Waals surface area (Å²) in [5.41, 5.74) is 0.932. The number of nitrogens with one attached hydrogen (secondary N) is 1. The lowest BCUT2D eigenvalue weighted by molar-refractivity contribution is -0.122. The predicted octanol–water partition coefficient (Wildman–Crippen LogP) is 4.93. The maximum absolute atomic E-state index is 13.0. The number of hydrogen-bond donors (Lipinski definition) is 2. The van der Waals surface area contributed by atoms with E-state index in [2.05, 4.69) is 5.32 Å². The summed E-state index contributed by atoms with van der Waals surface area (Å²) in [6.45, 7) is 1.68. The van der Waals surface area contributed by atoms with E-state index in [4.69, 9.17) is 27.6 Å². The fourth-order valence-electron chi connectivity index (χ4n) is 3.27. The van der Waals surface area contributed by atoms with E-state index in [1.807, 2.05) is 0 Å². The van der Waals surface area contributed by atoms with Crippen LogP contribution in [0, 0.1) is 6.92 Å². The SMILES string of the molecule is Cc1ccc(-c2ccc(/C=C3\C(=O)NC(=O)N(c4ccc(Cl)cc4Cl)C3=O)o2)cc1C(=O)O. The summed E-state index contributed by atoms with van der Waals surface area (Å²) in [5, 5.41) is 11.8. The van der Waals surface area contributed by atoms with E-state index in [0.717, 1.165) is 4.90 Å². The average molecular weight is 485 g/mol. The number of rotatable bonds is 4. The molecule has 0 unspecified atom stereocenters. The molecule has 1 aliphatic rings. The molecule has 1 aliphatic heterocycles. The van der Waals surface area contributed by atoms with Crippen molar-refractivity contribution in [2.24, 2.45) is 0 Å². The van der Waals surface area contributed by atoms with Crippen molar-refractivity contribution >= 4 is 58.8 Å². The van der Waals surface area contributed by atoms with Crippen LogP contribution in [0.5, 0.6) is 0 Å². The van der Waals surface area contributed by atoms with Crippen molar-refractivity contribution in [3.63, 3.8) is 0 Å². The van der Waals surface area contributed by atoms with Crippen LogP contribution < -0.4 is 10.2 Å². The van der Waals surface area contributed by atoms with Crippen LogP contribution in [0.4, 0.5) is 10.5 Å². The Labute approximate surface area is 197 Å². The Balaban J connectivity index is 1.69. The van der Waals surface area contributed by atoms with E-state index < -0.39 is 23.8 Å². The molecular weight excluding hydrogens is 471 g/mol. The van der Waals surface area contributed by atoms with Gasteiger partial charge < -0.3 is 9.52 Å². The molecule has 2 N–H and O–H groups in total. The highest BCUT2D eigenvalue weighted by atomic mass is 35.5. The van der Waals surface area contributed by atoms with Crippen molar-refractivity contribution in [1.29, 1.82) is 0 Å². The van der Waals surface area contributed by atoms with Gasteiger partial charge in [0.25, 0.3) is 11.8 Å². The van der Waals surface area contributed by atoms with Crippen molar-refractivity contribution in [3.8, 4) is 11.3 Å². The molecule has 10 heteroatoms. The first kappa shape index (κ1) is 22.3. The number of aryl methyl sites for hydroxylation is 1. The largest absolute Gasteiger partial charge is 0.478 e. The third-order valence-electron chi connectivity index (χ3n) is 4.92. The summed E-state index contributed by atoms with van der Waals surface area (Å²) >= 11 is 12.0. The Morgan fingerprint density at radius 1 is 1.06 bits per heavy atom. The van der Waals surface area contributed by atoms with Crippen molar-refractivity contribution in [2.45, 2.75) is 6.92 Å². The van der Waals surface area contributed by atoms with Crippen molar-refractivity contribution in [3.05, 3.63) is 81.0 Å². The number of nitrogens with zero attached hydrogens (tertiary/aromatic N) is 1. The number of urea groups is 1. The zero-order valence-corrected chi connectivity index (χ0v) is 18.4. The first-order valence-electron chi connectivity index (χ1n) is 9.46. The second-order valence-electron chi connectivity index (χ2n) is 7.09. The molecule has 4 rings (SSSR count). The number of carbonyl (C=O) groups excluding carboxylic acids is 3. The van der Waals surface area contributed by atoms with Crippen LogP contribution in [0.15, 0.2) is 58.5 Å². The molecule has 0 saturated carbocycles. The lowest BCUT2D eigenvalue weighted by atomic mass is 10.0. The molecule has 0 spiro atoms.